The maximum absolute atomic E-state index is 9.69. The fraction of sp³-hybridized carbons (Fsp3) is 0.421. The summed E-state index contributed by atoms with van der Waals surface area (Å²) in [6.07, 6.45) is 3.33. The molecule has 3 aromatic heterocycles. The molecule has 3 aromatic rings. The van der Waals surface area contributed by atoms with Crippen molar-refractivity contribution in [3.05, 3.63) is 41.3 Å². The van der Waals surface area contributed by atoms with Crippen LogP contribution in [0.4, 0.5) is 0 Å². The van der Waals surface area contributed by atoms with Gasteiger partial charge in [-0.1, -0.05) is 33.9 Å². The van der Waals surface area contributed by atoms with Crippen LogP contribution in [0.3, 0.4) is 0 Å². The number of fused-ring (bicyclic) bond motifs is 1. The van der Waals surface area contributed by atoms with Crippen LogP contribution in [-0.2, 0) is 0 Å². The number of ether oxygens (including phenoxy) is 1. The predicted octanol–water partition coefficient (Wildman–Crippen LogP) is 2.47. The van der Waals surface area contributed by atoms with Crippen molar-refractivity contribution in [1.29, 1.82) is 5.26 Å². The standard InChI is InChI=1S/C19H22IN7OS/c1-27(10-5-20)11-8-22-9-12-28-19-24-7-4-15(26-19)14(13-21)17-25-16-3-2-6-23-18(16)29-17/h2-4,6-7,14,22H,5,8-12H2,1H3. The molecule has 8 nitrogen and oxygen atoms in total. The van der Waals surface area contributed by atoms with E-state index in [4.69, 9.17) is 4.74 Å². The molecule has 0 radical (unpaired) electrons. The summed E-state index contributed by atoms with van der Waals surface area (Å²) in [5.41, 5.74) is 1.36. The minimum Gasteiger partial charge on any atom is -0.462 e. The van der Waals surface area contributed by atoms with Crippen molar-refractivity contribution in [2.75, 3.05) is 44.3 Å². The highest BCUT2D eigenvalue weighted by Gasteiger charge is 2.20. The molecule has 0 aromatic carbocycles. The second-order valence-corrected chi connectivity index (χ2v) is 8.38. The van der Waals surface area contributed by atoms with Gasteiger partial charge in [0.05, 0.1) is 11.8 Å². The lowest BCUT2D eigenvalue weighted by molar-refractivity contribution is 0.283. The van der Waals surface area contributed by atoms with E-state index in [0.717, 1.165) is 34.4 Å². The van der Waals surface area contributed by atoms with Gasteiger partial charge in [0.2, 0.25) is 0 Å². The second-order valence-electron chi connectivity index (χ2n) is 6.30. The average Bonchev–Trinajstić information content (AvgIpc) is 3.15. The SMILES string of the molecule is CN(CCI)CCNCCOc1nccc(C(C#N)c2nc3cccnc3s2)n1. The first-order valence-electron chi connectivity index (χ1n) is 9.23. The van der Waals surface area contributed by atoms with Gasteiger partial charge in [0.15, 0.2) is 0 Å². The molecule has 10 heteroatoms. The molecular formula is C19H22IN7OS. The molecule has 0 amide bonds. The van der Waals surface area contributed by atoms with E-state index in [0.29, 0.717) is 23.9 Å². The fourth-order valence-electron chi connectivity index (χ4n) is 2.61. The quantitative estimate of drug-likeness (QED) is 0.233. The molecule has 152 valence electrons. The average molecular weight is 523 g/mol. The zero-order chi connectivity index (χ0) is 20.5. The normalized spacial score (nSPS) is 12.2. The van der Waals surface area contributed by atoms with Gasteiger partial charge in [-0.05, 0) is 25.2 Å². The van der Waals surface area contributed by atoms with E-state index in [1.54, 1.807) is 18.5 Å². The summed E-state index contributed by atoms with van der Waals surface area (Å²) in [5, 5.41) is 13.7. The third-order valence-corrected chi connectivity index (χ3v) is 5.68. The lowest BCUT2D eigenvalue weighted by Crippen LogP contribution is -2.32. The Morgan fingerprint density at radius 3 is 2.93 bits per heavy atom. The molecule has 3 rings (SSSR count). The second kappa shape index (κ2) is 11.3. The van der Waals surface area contributed by atoms with Gasteiger partial charge in [-0.2, -0.15) is 10.2 Å². The van der Waals surface area contributed by atoms with Crippen LogP contribution in [-0.4, -0.2) is 69.1 Å². The van der Waals surface area contributed by atoms with Crippen LogP contribution in [0.15, 0.2) is 30.6 Å². The molecule has 0 saturated heterocycles. The summed E-state index contributed by atoms with van der Waals surface area (Å²) in [5.74, 6) is -0.578. The van der Waals surface area contributed by atoms with E-state index in [2.05, 4.69) is 65.9 Å². The number of aromatic nitrogens is 4. The van der Waals surface area contributed by atoms with Gasteiger partial charge in [0.1, 0.15) is 27.9 Å². The minimum absolute atomic E-state index is 0.269. The van der Waals surface area contributed by atoms with Crippen molar-refractivity contribution in [2.45, 2.75) is 5.92 Å². The molecule has 1 atom stereocenters. The van der Waals surface area contributed by atoms with Crippen LogP contribution < -0.4 is 10.1 Å². The topological polar surface area (TPSA) is 99.8 Å². The van der Waals surface area contributed by atoms with Gasteiger partial charge in [-0.15, -0.1) is 0 Å². The first-order valence-corrected chi connectivity index (χ1v) is 11.6. The molecule has 0 aliphatic heterocycles. The van der Waals surface area contributed by atoms with E-state index < -0.39 is 5.92 Å². The fourth-order valence-corrected chi connectivity index (χ4v) is 4.40. The Balaban J connectivity index is 1.55. The Morgan fingerprint density at radius 2 is 2.14 bits per heavy atom. The summed E-state index contributed by atoms with van der Waals surface area (Å²) in [6.45, 7) is 4.15. The number of nitrogens with zero attached hydrogens (tertiary/aromatic N) is 6. The van der Waals surface area contributed by atoms with E-state index in [9.17, 15) is 5.26 Å². The molecule has 0 saturated carbocycles. The summed E-state index contributed by atoms with van der Waals surface area (Å²) in [7, 11) is 2.11. The molecule has 0 aliphatic rings. The molecule has 1 unspecified atom stereocenters. The Kier molecular flexibility index (Phi) is 8.48. The van der Waals surface area contributed by atoms with Crippen molar-refractivity contribution < 1.29 is 4.74 Å². The third-order valence-electron chi connectivity index (χ3n) is 4.16. The molecule has 0 fully saturated rings. The van der Waals surface area contributed by atoms with Crippen molar-refractivity contribution in [3.63, 3.8) is 0 Å². The number of nitriles is 1. The molecular weight excluding hydrogens is 501 g/mol. The number of rotatable bonds is 11. The number of alkyl halides is 1. The van der Waals surface area contributed by atoms with Gasteiger partial charge in [-0.3, -0.25) is 0 Å². The van der Waals surface area contributed by atoms with Crippen LogP contribution in [0.2, 0.25) is 0 Å². The zero-order valence-electron chi connectivity index (χ0n) is 16.1. The monoisotopic (exact) mass is 523 g/mol. The number of pyridine rings is 1. The molecule has 0 spiro atoms. The van der Waals surface area contributed by atoms with Crippen LogP contribution >= 0.6 is 33.9 Å². The van der Waals surface area contributed by atoms with Crippen LogP contribution in [0.1, 0.15) is 16.6 Å². The Bertz CT molecular complexity index is 928. The van der Waals surface area contributed by atoms with Gasteiger partial charge >= 0.3 is 6.01 Å². The molecule has 0 aliphatic carbocycles. The number of likely N-dealkylation sites (N-methyl/N-ethyl adjacent to an activating group) is 1. The lowest BCUT2D eigenvalue weighted by Gasteiger charge is -2.15. The van der Waals surface area contributed by atoms with Gasteiger partial charge in [0.25, 0.3) is 0 Å². The van der Waals surface area contributed by atoms with Crippen LogP contribution in [0.5, 0.6) is 6.01 Å². The highest BCUT2D eigenvalue weighted by atomic mass is 127. The third kappa shape index (κ3) is 6.27. The van der Waals surface area contributed by atoms with Crippen LogP contribution in [0.25, 0.3) is 10.3 Å². The van der Waals surface area contributed by atoms with E-state index >= 15 is 0 Å². The molecule has 3 heterocycles. The highest BCUT2D eigenvalue weighted by Crippen LogP contribution is 2.29. The molecule has 29 heavy (non-hydrogen) atoms. The van der Waals surface area contributed by atoms with Crippen molar-refractivity contribution in [2.24, 2.45) is 0 Å². The summed E-state index contributed by atoms with van der Waals surface area (Å²) in [4.78, 5) is 20.5. The first-order chi connectivity index (χ1) is 14.2. The number of hydrogen-bond donors (Lipinski definition) is 1. The van der Waals surface area contributed by atoms with Gasteiger partial charge in [0, 0.05) is 43.0 Å². The number of thiazole rings is 1. The van der Waals surface area contributed by atoms with E-state index in [-0.39, 0.29) is 6.01 Å². The highest BCUT2D eigenvalue weighted by molar-refractivity contribution is 14.1. The van der Waals surface area contributed by atoms with Crippen molar-refractivity contribution in [1.82, 2.24) is 30.2 Å². The maximum atomic E-state index is 9.69. The smallest absolute Gasteiger partial charge is 0.316 e. The van der Waals surface area contributed by atoms with Gasteiger partial charge < -0.3 is 15.0 Å². The Labute approximate surface area is 187 Å². The summed E-state index contributed by atoms with van der Waals surface area (Å²) >= 11 is 3.78. The largest absolute Gasteiger partial charge is 0.462 e. The van der Waals surface area contributed by atoms with Crippen LogP contribution in [0, 0.1) is 11.3 Å². The summed E-state index contributed by atoms with van der Waals surface area (Å²) in [6, 6.07) is 8.00. The maximum Gasteiger partial charge on any atom is 0.316 e. The molecule has 0 bridgehead atoms. The molecule has 1 N–H and O–H groups in total. The van der Waals surface area contributed by atoms with Crippen molar-refractivity contribution >= 4 is 44.3 Å². The Morgan fingerprint density at radius 1 is 1.24 bits per heavy atom. The predicted molar refractivity (Wildman–Crippen MR) is 122 cm³/mol. The van der Waals surface area contributed by atoms with Crippen molar-refractivity contribution in [3.8, 4) is 12.1 Å². The first kappa shape index (κ1) is 21.8. The number of hydrogen-bond acceptors (Lipinski definition) is 9. The number of nitrogens with one attached hydrogen (secondary N) is 1. The minimum atomic E-state index is -0.578. The number of halogens is 1. The van der Waals surface area contributed by atoms with E-state index in [1.165, 1.54) is 11.3 Å². The lowest BCUT2D eigenvalue weighted by atomic mass is 10.1. The Hall–Kier alpha value is -1.94. The van der Waals surface area contributed by atoms with Gasteiger partial charge in [-0.25, -0.2) is 15.0 Å². The zero-order valence-corrected chi connectivity index (χ0v) is 19.1. The summed E-state index contributed by atoms with van der Waals surface area (Å²) < 4.78 is 6.78. The van der Waals surface area contributed by atoms with E-state index in [1.807, 2.05) is 12.1 Å².